The number of aliphatic imine (C=N–C) groups is 1. The van der Waals surface area contributed by atoms with Crippen LogP contribution >= 0.6 is 0 Å². The Morgan fingerprint density at radius 2 is 1.89 bits per heavy atom. The highest BCUT2D eigenvalue weighted by molar-refractivity contribution is 5.79. The first-order valence-electron chi connectivity index (χ1n) is 10.3. The van der Waals surface area contributed by atoms with E-state index in [0.29, 0.717) is 19.3 Å². The van der Waals surface area contributed by atoms with Crippen molar-refractivity contribution in [1.29, 1.82) is 0 Å². The Kier molecular flexibility index (Phi) is 5.72. The fraction of sp³-hybridized carbons (Fsp3) is 0.667. The highest BCUT2D eigenvalue weighted by Gasteiger charge is 2.36. The van der Waals surface area contributed by atoms with E-state index in [4.69, 9.17) is 14.2 Å². The van der Waals surface area contributed by atoms with E-state index in [1.54, 1.807) is 0 Å². The van der Waals surface area contributed by atoms with E-state index in [9.17, 15) is 0 Å². The molecule has 2 heterocycles. The molecule has 0 amide bonds. The van der Waals surface area contributed by atoms with Crippen LogP contribution in [-0.2, 0) is 10.2 Å². The average molecular weight is 373 g/mol. The number of ether oxygens (including phenoxy) is 3. The van der Waals surface area contributed by atoms with Gasteiger partial charge in [-0.3, -0.25) is 4.99 Å². The molecule has 2 N–H and O–H groups in total. The van der Waals surface area contributed by atoms with Crippen molar-refractivity contribution in [2.24, 2.45) is 4.99 Å². The monoisotopic (exact) mass is 373 g/mol. The fourth-order valence-electron chi connectivity index (χ4n) is 4.48. The first-order chi connectivity index (χ1) is 13.3. The molecule has 1 aromatic carbocycles. The van der Waals surface area contributed by atoms with Crippen molar-refractivity contribution in [1.82, 2.24) is 10.6 Å². The van der Waals surface area contributed by atoms with Gasteiger partial charge in [0.15, 0.2) is 17.5 Å². The summed E-state index contributed by atoms with van der Waals surface area (Å²) in [6, 6.07) is 6.46. The Bertz CT molecular complexity index is 665. The predicted octanol–water partition coefficient (Wildman–Crippen LogP) is 2.61. The van der Waals surface area contributed by atoms with Crippen molar-refractivity contribution in [2.75, 3.05) is 40.0 Å². The molecule has 3 aliphatic rings. The molecule has 6 heteroatoms. The third-order valence-electron chi connectivity index (χ3n) is 6.05. The zero-order valence-electron chi connectivity index (χ0n) is 16.3. The van der Waals surface area contributed by atoms with Crippen molar-refractivity contribution in [3.8, 4) is 11.5 Å². The second-order valence-electron chi connectivity index (χ2n) is 7.79. The lowest BCUT2D eigenvalue weighted by Gasteiger charge is -2.32. The Morgan fingerprint density at radius 3 is 2.63 bits per heavy atom. The minimum absolute atomic E-state index is 0.122. The number of hydrogen-bond donors (Lipinski definition) is 2. The number of rotatable bonds is 5. The highest BCUT2D eigenvalue weighted by atomic mass is 16.6. The van der Waals surface area contributed by atoms with Gasteiger partial charge < -0.3 is 24.8 Å². The molecular weight excluding hydrogens is 342 g/mol. The second-order valence-corrected chi connectivity index (χ2v) is 7.79. The van der Waals surface area contributed by atoms with Gasteiger partial charge >= 0.3 is 0 Å². The Labute approximate surface area is 161 Å². The summed E-state index contributed by atoms with van der Waals surface area (Å²) in [5, 5.41) is 6.99. The summed E-state index contributed by atoms with van der Waals surface area (Å²) in [6.07, 6.45) is 7.49. The molecule has 1 aromatic rings. The molecule has 0 radical (unpaired) electrons. The third kappa shape index (κ3) is 4.15. The smallest absolute Gasteiger partial charge is 0.191 e. The molecule has 2 aliphatic heterocycles. The third-order valence-corrected chi connectivity index (χ3v) is 6.05. The van der Waals surface area contributed by atoms with Crippen LogP contribution in [0, 0.1) is 0 Å². The van der Waals surface area contributed by atoms with Crippen LogP contribution in [0.15, 0.2) is 23.2 Å². The lowest BCUT2D eigenvalue weighted by molar-refractivity contribution is 0.113. The van der Waals surface area contributed by atoms with E-state index in [1.165, 1.54) is 31.2 Å². The van der Waals surface area contributed by atoms with E-state index < -0.39 is 0 Å². The molecule has 6 nitrogen and oxygen atoms in total. The van der Waals surface area contributed by atoms with Crippen LogP contribution in [0.3, 0.4) is 0 Å². The van der Waals surface area contributed by atoms with Crippen LogP contribution in [-0.4, -0.2) is 52.0 Å². The second kappa shape index (κ2) is 8.38. The van der Waals surface area contributed by atoms with Gasteiger partial charge in [0.05, 0.1) is 6.10 Å². The van der Waals surface area contributed by atoms with Gasteiger partial charge in [0.1, 0.15) is 13.2 Å². The van der Waals surface area contributed by atoms with Crippen molar-refractivity contribution >= 4 is 5.96 Å². The van der Waals surface area contributed by atoms with Crippen molar-refractivity contribution in [3.63, 3.8) is 0 Å². The summed E-state index contributed by atoms with van der Waals surface area (Å²) in [5.74, 6) is 2.60. The topological polar surface area (TPSA) is 64.1 Å². The Hall–Kier alpha value is -1.95. The highest BCUT2D eigenvalue weighted by Crippen LogP contribution is 2.43. The van der Waals surface area contributed by atoms with Crippen molar-refractivity contribution < 1.29 is 14.2 Å². The minimum Gasteiger partial charge on any atom is -0.486 e. The Morgan fingerprint density at radius 1 is 1.07 bits per heavy atom. The van der Waals surface area contributed by atoms with Gasteiger partial charge in [-0.05, 0) is 43.4 Å². The van der Waals surface area contributed by atoms with E-state index in [2.05, 4.69) is 33.8 Å². The van der Waals surface area contributed by atoms with Gasteiger partial charge in [-0.1, -0.05) is 18.9 Å². The molecule has 2 fully saturated rings. The van der Waals surface area contributed by atoms with Gasteiger partial charge in [-0.2, -0.15) is 0 Å². The molecule has 0 spiro atoms. The van der Waals surface area contributed by atoms with E-state index in [0.717, 1.165) is 50.0 Å². The summed E-state index contributed by atoms with van der Waals surface area (Å²) in [6.45, 7) is 3.83. The number of benzene rings is 1. The molecule has 1 unspecified atom stereocenters. The maximum Gasteiger partial charge on any atom is 0.191 e. The molecule has 1 atom stereocenters. The maximum absolute atomic E-state index is 5.82. The Balaban J connectivity index is 1.42. The van der Waals surface area contributed by atoms with E-state index >= 15 is 0 Å². The van der Waals surface area contributed by atoms with Crippen LogP contribution in [0.1, 0.15) is 44.1 Å². The van der Waals surface area contributed by atoms with Crippen LogP contribution in [0.25, 0.3) is 0 Å². The summed E-state index contributed by atoms with van der Waals surface area (Å²) in [7, 11) is 1.83. The van der Waals surface area contributed by atoms with Gasteiger partial charge in [0.2, 0.25) is 0 Å². The molecule has 0 aromatic heterocycles. The summed E-state index contributed by atoms with van der Waals surface area (Å²) in [5.41, 5.74) is 1.46. The average Bonchev–Trinajstić information content (AvgIpc) is 3.40. The lowest BCUT2D eigenvalue weighted by Crippen LogP contribution is -2.46. The zero-order valence-corrected chi connectivity index (χ0v) is 16.3. The lowest BCUT2D eigenvalue weighted by atomic mass is 9.78. The van der Waals surface area contributed by atoms with Crippen molar-refractivity contribution in [2.45, 2.75) is 50.0 Å². The quantitative estimate of drug-likeness (QED) is 0.614. The SMILES string of the molecule is CN=C(NCC1CCCO1)NCC1(c2ccc3c(c2)OCCO3)CCCC1. The maximum atomic E-state index is 5.82. The van der Waals surface area contributed by atoms with Crippen LogP contribution < -0.4 is 20.1 Å². The molecule has 148 valence electrons. The molecule has 1 saturated heterocycles. The first-order valence-corrected chi connectivity index (χ1v) is 10.3. The van der Waals surface area contributed by atoms with Crippen LogP contribution in [0.5, 0.6) is 11.5 Å². The zero-order chi connectivity index (χ0) is 18.5. The van der Waals surface area contributed by atoms with Gasteiger partial charge in [0.25, 0.3) is 0 Å². The minimum atomic E-state index is 0.122. The molecule has 27 heavy (non-hydrogen) atoms. The largest absolute Gasteiger partial charge is 0.486 e. The predicted molar refractivity (Wildman–Crippen MR) is 106 cm³/mol. The number of guanidine groups is 1. The number of nitrogens with one attached hydrogen (secondary N) is 2. The molecule has 1 saturated carbocycles. The molecule has 0 bridgehead atoms. The summed E-state index contributed by atoms with van der Waals surface area (Å²) >= 11 is 0. The van der Waals surface area contributed by atoms with Crippen LogP contribution in [0.2, 0.25) is 0 Å². The van der Waals surface area contributed by atoms with Crippen LogP contribution in [0.4, 0.5) is 0 Å². The molecule has 4 rings (SSSR count). The standard InChI is InChI=1S/C21H31N3O3/c1-22-20(23-14-17-5-4-10-25-17)24-15-21(8-2-3-9-21)16-6-7-18-19(13-16)27-12-11-26-18/h6-7,13,17H,2-5,8-12,14-15H2,1H3,(H2,22,23,24). The van der Waals surface area contributed by atoms with E-state index in [1.807, 2.05) is 7.05 Å². The summed E-state index contributed by atoms with van der Waals surface area (Å²) in [4.78, 5) is 4.40. The van der Waals surface area contributed by atoms with Gasteiger partial charge in [-0.25, -0.2) is 0 Å². The first kappa shape index (κ1) is 18.4. The normalized spacial score (nSPS) is 24.0. The molecule has 1 aliphatic carbocycles. The number of hydrogen-bond acceptors (Lipinski definition) is 4. The number of nitrogens with zero attached hydrogens (tertiary/aromatic N) is 1. The van der Waals surface area contributed by atoms with Gasteiger partial charge in [0, 0.05) is 32.2 Å². The van der Waals surface area contributed by atoms with Crippen molar-refractivity contribution in [3.05, 3.63) is 23.8 Å². The number of fused-ring (bicyclic) bond motifs is 1. The van der Waals surface area contributed by atoms with E-state index in [-0.39, 0.29) is 5.41 Å². The molecular formula is C21H31N3O3. The fourth-order valence-corrected chi connectivity index (χ4v) is 4.48. The van der Waals surface area contributed by atoms with Gasteiger partial charge in [-0.15, -0.1) is 0 Å². The summed E-state index contributed by atoms with van der Waals surface area (Å²) < 4.78 is 17.2.